The van der Waals surface area contributed by atoms with Crippen molar-refractivity contribution in [2.45, 2.75) is 58.0 Å². The van der Waals surface area contributed by atoms with Crippen LogP contribution in [-0.2, 0) is 6.54 Å². The van der Waals surface area contributed by atoms with Crippen molar-refractivity contribution in [2.75, 3.05) is 6.61 Å². The Hall–Kier alpha value is -3.29. The molecule has 0 spiro atoms. The summed E-state index contributed by atoms with van der Waals surface area (Å²) >= 11 is 0. The maximum atomic E-state index is 12.5. The van der Waals surface area contributed by atoms with Gasteiger partial charge in [0.15, 0.2) is 0 Å². The van der Waals surface area contributed by atoms with Crippen LogP contribution in [0.2, 0.25) is 0 Å². The van der Waals surface area contributed by atoms with Gasteiger partial charge in [-0.1, -0.05) is 23.8 Å². The molecule has 31 heavy (non-hydrogen) atoms. The fourth-order valence-corrected chi connectivity index (χ4v) is 4.17. The Kier molecular flexibility index (Phi) is 6.25. The lowest BCUT2D eigenvalue weighted by atomic mass is 9.97. The number of hydrogen-bond donors (Lipinski definition) is 3. The third kappa shape index (κ3) is 4.57. The Morgan fingerprint density at radius 2 is 2.03 bits per heavy atom. The first-order valence-corrected chi connectivity index (χ1v) is 10.9. The van der Waals surface area contributed by atoms with E-state index < -0.39 is 11.2 Å². The van der Waals surface area contributed by atoms with Gasteiger partial charge in [-0.25, -0.2) is 4.79 Å². The molecular weight excluding hydrogens is 396 g/mol. The molecule has 0 radical (unpaired) electrons. The normalized spacial score (nSPS) is 18.3. The van der Waals surface area contributed by atoms with Gasteiger partial charge in [0.05, 0.1) is 18.4 Å². The number of benzene rings is 1. The molecule has 0 saturated carbocycles. The first-order valence-electron chi connectivity index (χ1n) is 10.9. The number of nitrogens with zero attached hydrogens (tertiary/aromatic N) is 2. The Bertz CT molecular complexity index is 1110. The number of nitrogens with one attached hydrogen (secondary N) is 2. The largest absolute Gasteiger partial charge is 0.494 e. The van der Waals surface area contributed by atoms with Gasteiger partial charge in [0, 0.05) is 13.0 Å². The van der Waals surface area contributed by atoms with Crippen molar-refractivity contribution in [1.82, 2.24) is 15.0 Å². The minimum absolute atomic E-state index is 0.0539. The van der Waals surface area contributed by atoms with Gasteiger partial charge in [-0.15, -0.1) is 0 Å². The summed E-state index contributed by atoms with van der Waals surface area (Å²) in [5.74, 6) is 0.470. The monoisotopic (exact) mass is 424 g/mol. The van der Waals surface area contributed by atoms with Crippen LogP contribution in [0.3, 0.4) is 0 Å². The van der Waals surface area contributed by atoms with Crippen LogP contribution in [-0.4, -0.2) is 27.0 Å². The molecule has 2 aliphatic rings. The molecule has 1 atom stereocenters. The molecule has 0 saturated heterocycles. The van der Waals surface area contributed by atoms with E-state index in [1.165, 1.54) is 16.6 Å². The Morgan fingerprint density at radius 3 is 2.74 bits per heavy atom. The highest BCUT2D eigenvalue weighted by molar-refractivity contribution is 6.03. The van der Waals surface area contributed by atoms with Gasteiger partial charge >= 0.3 is 5.69 Å². The van der Waals surface area contributed by atoms with Crippen molar-refractivity contribution >= 4 is 5.71 Å². The van der Waals surface area contributed by atoms with Gasteiger partial charge in [0.25, 0.3) is 5.56 Å². The van der Waals surface area contributed by atoms with Crippen molar-refractivity contribution in [2.24, 2.45) is 5.10 Å². The first kappa shape index (κ1) is 21.0. The molecule has 8 nitrogen and oxygen atoms in total. The molecule has 4 rings (SSSR count). The van der Waals surface area contributed by atoms with E-state index in [-0.39, 0.29) is 17.5 Å². The van der Waals surface area contributed by atoms with Crippen molar-refractivity contribution in [3.63, 3.8) is 0 Å². The number of H-pyrrole nitrogens is 1. The van der Waals surface area contributed by atoms with Crippen molar-refractivity contribution in [3.05, 3.63) is 67.9 Å². The molecule has 1 aliphatic carbocycles. The third-order valence-electron chi connectivity index (χ3n) is 5.85. The van der Waals surface area contributed by atoms with E-state index in [0.29, 0.717) is 31.7 Å². The smallest absolute Gasteiger partial charge is 0.331 e. The number of allylic oxidation sites excluding steroid dienone is 2. The van der Waals surface area contributed by atoms with Crippen molar-refractivity contribution < 1.29 is 9.84 Å². The lowest BCUT2D eigenvalue weighted by Gasteiger charge is -2.15. The number of hydrazone groups is 1. The minimum Gasteiger partial charge on any atom is -0.494 e. The van der Waals surface area contributed by atoms with Crippen LogP contribution in [0.4, 0.5) is 0 Å². The van der Waals surface area contributed by atoms with Gasteiger partial charge in [-0.05, 0) is 56.7 Å². The van der Waals surface area contributed by atoms with E-state index in [9.17, 15) is 14.7 Å². The summed E-state index contributed by atoms with van der Waals surface area (Å²) in [7, 11) is 0. The fourth-order valence-electron chi connectivity index (χ4n) is 4.17. The molecule has 0 amide bonds. The number of aromatic amines is 1. The molecule has 0 bridgehead atoms. The van der Waals surface area contributed by atoms with E-state index in [4.69, 9.17) is 4.74 Å². The summed E-state index contributed by atoms with van der Waals surface area (Å²) in [4.78, 5) is 27.2. The van der Waals surface area contributed by atoms with Crippen molar-refractivity contribution in [1.29, 1.82) is 0 Å². The van der Waals surface area contributed by atoms with Gasteiger partial charge in [0.1, 0.15) is 11.3 Å². The maximum absolute atomic E-state index is 12.5. The SMILES string of the molecule is CCOc1ccc(C2CC(c3c(O)n(CCC4=CCCCC4)c(=O)[nH]c3=O)=NN2)cc1. The molecule has 1 aromatic carbocycles. The van der Waals surface area contributed by atoms with Gasteiger partial charge in [-0.3, -0.25) is 14.3 Å². The third-order valence-corrected chi connectivity index (χ3v) is 5.85. The summed E-state index contributed by atoms with van der Waals surface area (Å²) in [6, 6.07) is 7.55. The zero-order valence-electron chi connectivity index (χ0n) is 17.7. The number of hydrogen-bond acceptors (Lipinski definition) is 6. The molecule has 164 valence electrons. The molecule has 8 heteroatoms. The van der Waals surface area contributed by atoms with E-state index in [1.54, 1.807) is 0 Å². The van der Waals surface area contributed by atoms with E-state index >= 15 is 0 Å². The molecule has 2 heterocycles. The van der Waals surface area contributed by atoms with Crippen LogP contribution in [0.15, 0.2) is 50.6 Å². The predicted molar refractivity (Wildman–Crippen MR) is 119 cm³/mol. The molecule has 1 aromatic heterocycles. The quantitative estimate of drug-likeness (QED) is 0.592. The first-order chi connectivity index (χ1) is 15.1. The standard InChI is InChI=1S/C23H28N4O4/c1-2-31-17-10-8-16(9-11-17)18-14-19(26-25-18)20-21(28)24-23(30)27(22(20)29)13-12-15-6-4-3-5-7-15/h6,8-11,18,25,29H,2-5,7,12-14H2,1H3,(H,24,28,30). The summed E-state index contributed by atoms with van der Waals surface area (Å²) < 4.78 is 6.71. The lowest BCUT2D eigenvalue weighted by Crippen LogP contribution is -2.34. The zero-order chi connectivity index (χ0) is 21.8. The maximum Gasteiger partial charge on any atom is 0.331 e. The molecule has 0 fully saturated rings. The van der Waals surface area contributed by atoms with Gasteiger partial charge in [0.2, 0.25) is 5.88 Å². The van der Waals surface area contributed by atoms with Crippen LogP contribution in [0.5, 0.6) is 11.6 Å². The molecular formula is C23H28N4O4. The molecule has 1 unspecified atom stereocenters. The zero-order valence-corrected chi connectivity index (χ0v) is 17.7. The number of rotatable bonds is 7. The molecule has 3 N–H and O–H groups in total. The Morgan fingerprint density at radius 1 is 1.23 bits per heavy atom. The van der Waals surface area contributed by atoms with E-state index in [1.807, 2.05) is 31.2 Å². The summed E-state index contributed by atoms with van der Waals surface area (Å²) in [6.07, 6.45) is 7.74. The fraction of sp³-hybridized carbons (Fsp3) is 0.435. The second-order valence-electron chi connectivity index (χ2n) is 7.91. The Labute approximate surface area is 180 Å². The second kappa shape index (κ2) is 9.24. The van der Waals surface area contributed by atoms with Gasteiger partial charge in [-0.2, -0.15) is 5.10 Å². The summed E-state index contributed by atoms with van der Waals surface area (Å²) in [5.41, 5.74) is 4.59. The molecule has 1 aliphatic heterocycles. The highest BCUT2D eigenvalue weighted by Gasteiger charge is 2.27. The summed E-state index contributed by atoms with van der Waals surface area (Å²) in [5, 5.41) is 15.1. The summed E-state index contributed by atoms with van der Waals surface area (Å²) in [6.45, 7) is 2.86. The topological polar surface area (TPSA) is 109 Å². The van der Waals surface area contributed by atoms with Crippen LogP contribution in [0, 0.1) is 0 Å². The highest BCUT2D eigenvalue weighted by Crippen LogP contribution is 2.28. The minimum atomic E-state index is -0.622. The van der Waals surface area contributed by atoms with Crippen LogP contribution < -0.4 is 21.4 Å². The number of aromatic hydroxyl groups is 1. The van der Waals surface area contributed by atoms with Gasteiger partial charge < -0.3 is 15.3 Å². The number of aromatic nitrogens is 2. The highest BCUT2D eigenvalue weighted by atomic mass is 16.5. The predicted octanol–water partition coefficient (Wildman–Crippen LogP) is 2.97. The average Bonchev–Trinajstić information content (AvgIpc) is 3.24. The Balaban J connectivity index is 1.53. The van der Waals surface area contributed by atoms with Crippen LogP contribution in [0.25, 0.3) is 0 Å². The average molecular weight is 425 g/mol. The number of ether oxygens (including phenoxy) is 1. The van der Waals surface area contributed by atoms with Crippen LogP contribution >= 0.6 is 0 Å². The lowest BCUT2D eigenvalue weighted by molar-refractivity contribution is 0.340. The van der Waals surface area contributed by atoms with Crippen molar-refractivity contribution in [3.8, 4) is 11.6 Å². The van der Waals surface area contributed by atoms with E-state index in [0.717, 1.165) is 30.6 Å². The van der Waals surface area contributed by atoms with Crippen LogP contribution in [0.1, 0.15) is 62.6 Å². The second-order valence-corrected chi connectivity index (χ2v) is 7.91. The van der Waals surface area contributed by atoms with E-state index in [2.05, 4.69) is 21.6 Å². The molecule has 2 aromatic rings.